The van der Waals surface area contributed by atoms with E-state index in [-0.39, 0.29) is 11.4 Å². The summed E-state index contributed by atoms with van der Waals surface area (Å²) in [7, 11) is 1.41. The van der Waals surface area contributed by atoms with Crippen molar-refractivity contribution in [1.29, 1.82) is 0 Å². The molecule has 0 fully saturated rings. The second-order valence-corrected chi connectivity index (χ2v) is 5.64. The normalized spacial score (nSPS) is 10.6. The van der Waals surface area contributed by atoms with E-state index in [1.807, 2.05) is 12.1 Å². The van der Waals surface area contributed by atoms with Crippen molar-refractivity contribution in [1.82, 2.24) is 4.90 Å². The van der Waals surface area contributed by atoms with E-state index in [2.05, 4.69) is 18.7 Å². The lowest BCUT2D eigenvalue weighted by Crippen LogP contribution is -2.22. The van der Waals surface area contributed by atoms with Gasteiger partial charge in [-0.2, -0.15) is 0 Å². The van der Waals surface area contributed by atoms with E-state index in [9.17, 15) is 14.9 Å². The van der Waals surface area contributed by atoms with Crippen LogP contribution in [0.3, 0.4) is 0 Å². The van der Waals surface area contributed by atoms with Crippen LogP contribution in [0.4, 0.5) is 5.69 Å². The fourth-order valence-corrected chi connectivity index (χ4v) is 2.46. The molecule has 7 nitrogen and oxygen atoms in total. The van der Waals surface area contributed by atoms with Gasteiger partial charge in [-0.15, -0.1) is 0 Å². The molecular weight excluding hydrogens is 336 g/mol. The van der Waals surface area contributed by atoms with Crippen molar-refractivity contribution in [2.75, 3.05) is 20.2 Å². The number of benzene rings is 2. The van der Waals surface area contributed by atoms with Gasteiger partial charge in [-0.25, -0.2) is 4.79 Å². The van der Waals surface area contributed by atoms with Gasteiger partial charge >= 0.3 is 11.7 Å². The number of nitro benzene ring substituents is 1. The SMILES string of the molecule is CCN(CC)Cc1ccc(C(=O)Oc2ccc(OC)cc2[N+](=O)[O-])cc1. The minimum absolute atomic E-state index is 0.118. The highest BCUT2D eigenvalue weighted by Gasteiger charge is 2.20. The van der Waals surface area contributed by atoms with Crippen LogP contribution in [0.5, 0.6) is 11.5 Å². The zero-order valence-corrected chi connectivity index (χ0v) is 15.1. The van der Waals surface area contributed by atoms with Crippen molar-refractivity contribution in [2.45, 2.75) is 20.4 Å². The monoisotopic (exact) mass is 358 g/mol. The predicted octanol–water partition coefficient (Wildman–Crippen LogP) is 3.66. The Hall–Kier alpha value is -2.93. The standard InChI is InChI=1S/C19H22N2O5/c1-4-20(5-2)13-14-6-8-15(9-7-14)19(22)26-18-11-10-16(25-3)12-17(18)21(23)24/h6-12H,4-5,13H2,1-3H3. The summed E-state index contributed by atoms with van der Waals surface area (Å²) >= 11 is 0. The van der Waals surface area contributed by atoms with Gasteiger partial charge in [0.15, 0.2) is 0 Å². The number of carbonyl (C=O) groups excluding carboxylic acids is 1. The van der Waals surface area contributed by atoms with E-state index >= 15 is 0 Å². The van der Waals surface area contributed by atoms with Crippen LogP contribution in [0.25, 0.3) is 0 Å². The van der Waals surface area contributed by atoms with Crippen LogP contribution in [0, 0.1) is 10.1 Å². The van der Waals surface area contributed by atoms with Crippen LogP contribution >= 0.6 is 0 Å². The molecule has 2 rings (SSSR count). The van der Waals surface area contributed by atoms with Gasteiger partial charge in [0, 0.05) is 6.54 Å². The maximum absolute atomic E-state index is 12.3. The van der Waals surface area contributed by atoms with Gasteiger partial charge in [0.05, 0.1) is 23.7 Å². The smallest absolute Gasteiger partial charge is 0.343 e. The van der Waals surface area contributed by atoms with Crippen LogP contribution in [-0.4, -0.2) is 36.0 Å². The Balaban J connectivity index is 2.14. The summed E-state index contributed by atoms with van der Waals surface area (Å²) in [6.45, 7) is 6.88. The molecular formula is C19H22N2O5. The first kappa shape index (κ1) is 19.4. The van der Waals surface area contributed by atoms with Gasteiger partial charge in [0.25, 0.3) is 0 Å². The molecule has 0 amide bonds. The van der Waals surface area contributed by atoms with Crippen LogP contribution in [-0.2, 0) is 6.54 Å². The Kier molecular flexibility index (Phi) is 6.68. The van der Waals surface area contributed by atoms with Crippen LogP contribution < -0.4 is 9.47 Å². The molecule has 0 bridgehead atoms. The maximum atomic E-state index is 12.3. The third kappa shape index (κ3) is 4.80. The topological polar surface area (TPSA) is 81.9 Å². The summed E-state index contributed by atoms with van der Waals surface area (Å²) in [6, 6.07) is 11.1. The zero-order valence-electron chi connectivity index (χ0n) is 15.1. The first-order valence-electron chi connectivity index (χ1n) is 8.34. The van der Waals surface area contributed by atoms with Crippen LogP contribution in [0.2, 0.25) is 0 Å². The minimum atomic E-state index is -0.646. The molecule has 0 aromatic heterocycles. The summed E-state index contributed by atoms with van der Waals surface area (Å²) in [5.41, 5.74) is 1.09. The number of methoxy groups -OCH3 is 1. The van der Waals surface area contributed by atoms with Crippen LogP contribution in [0.1, 0.15) is 29.8 Å². The molecule has 0 aliphatic heterocycles. The minimum Gasteiger partial charge on any atom is -0.496 e. The van der Waals surface area contributed by atoms with Crippen molar-refractivity contribution >= 4 is 11.7 Å². The molecule has 0 N–H and O–H groups in total. The number of hydrogen-bond donors (Lipinski definition) is 0. The highest BCUT2D eigenvalue weighted by atomic mass is 16.6. The van der Waals surface area contributed by atoms with Gasteiger partial charge in [-0.05, 0) is 42.9 Å². The average Bonchev–Trinajstić information content (AvgIpc) is 2.66. The Morgan fingerprint density at radius 3 is 2.31 bits per heavy atom. The van der Waals surface area contributed by atoms with Gasteiger partial charge in [0.2, 0.25) is 5.75 Å². The van der Waals surface area contributed by atoms with E-state index in [4.69, 9.17) is 9.47 Å². The quantitative estimate of drug-likeness (QED) is 0.310. The molecule has 0 saturated carbocycles. The fraction of sp³-hybridized carbons (Fsp3) is 0.316. The second-order valence-electron chi connectivity index (χ2n) is 5.64. The van der Waals surface area contributed by atoms with Gasteiger partial charge in [0.1, 0.15) is 5.75 Å². The summed E-state index contributed by atoms with van der Waals surface area (Å²) < 4.78 is 10.2. The lowest BCUT2D eigenvalue weighted by Gasteiger charge is -2.17. The number of rotatable bonds is 8. The third-order valence-electron chi connectivity index (χ3n) is 4.06. The Labute approximate surface area is 152 Å². The lowest BCUT2D eigenvalue weighted by molar-refractivity contribution is -0.385. The van der Waals surface area contributed by atoms with Gasteiger partial charge < -0.3 is 9.47 Å². The molecule has 2 aromatic carbocycles. The molecule has 0 radical (unpaired) electrons. The fourth-order valence-electron chi connectivity index (χ4n) is 2.46. The summed E-state index contributed by atoms with van der Waals surface area (Å²) in [5.74, 6) is -0.446. The Morgan fingerprint density at radius 2 is 1.77 bits per heavy atom. The molecule has 0 aliphatic rings. The molecule has 7 heteroatoms. The number of hydrogen-bond acceptors (Lipinski definition) is 6. The molecule has 0 unspecified atom stereocenters. The zero-order chi connectivity index (χ0) is 19.1. The number of carbonyl (C=O) groups is 1. The molecule has 0 atom stereocenters. The van der Waals surface area contributed by atoms with Crippen LogP contribution in [0.15, 0.2) is 42.5 Å². The molecule has 0 aliphatic carbocycles. The molecule has 2 aromatic rings. The highest BCUT2D eigenvalue weighted by Crippen LogP contribution is 2.31. The maximum Gasteiger partial charge on any atom is 0.343 e. The van der Waals surface area contributed by atoms with Gasteiger partial charge in [-0.1, -0.05) is 26.0 Å². The van der Waals surface area contributed by atoms with E-state index in [1.165, 1.54) is 25.3 Å². The third-order valence-corrected chi connectivity index (χ3v) is 4.06. The van der Waals surface area contributed by atoms with E-state index in [1.54, 1.807) is 12.1 Å². The van der Waals surface area contributed by atoms with E-state index < -0.39 is 10.9 Å². The molecule has 138 valence electrons. The summed E-state index contributed by atoms with van der Waals surface area (Å²) in [6.07, 6.45) is 0. The predicted molar refractivity (Wildman–Crippen MR) is 97.7 cm³/mol. The number of nitro groups is 1. The van der Waals surface area contributed by atoms with Crippen molar-refractivity contribution in [3.8, 4) is 11.5 Å². The average molecular weight is 358 g/mol. The highest BCUT2D eigenvalue weighted by molar-refractivity contribution is 5.91. The van der Waals surface area contributed by atoms with Gasteiger partial charge in [-0.3, -0.25) is 15.0 Å². The van der Waals surface area contributed by atoms with E-state index in [0.717, 1.165) is 25.2 Å². The molecule has 0 spiro atoms. The van der Waals surface area contributed by atoms with E-state index in [0.29, 0.717) is 11.3 Å². The number of nitrogens with zero attached hydrogens (tertiary/aromatic N) is 2. The summed E-state index contributed by atoms with van der Waals surface area (Å²) in [5, 5.41) is 11.2. The van der Waals surface area contributed by atoms with Crippen molar-refractivity contribution < 1.29 is 19.2 Å². The number of esters is 1. The van der Waals surface area contributed by atoms with Crippen molar-refractivity contribution in [2.24, 2.45) is 0 Å². The Morgan fingerprint density at radius 1 is 1.12 bits per heavy atom. The molecule has 0 saturated heterocycles. The first-order valence-corrected chi connectivity index (χ1v) is 8.34. The van der Waals surface area contributed by atoms with Crippen molar-refractivity contribution in [3.05, 3.63) is 63.7 Å². The molecule has 26 heavy (non-hydrogen) atoms. The second kappa shape index (κ2) is 8.96. The first-order chi connectivity index (χ1) is 12.5. The largest absolute Gasteiger partial charge is 0.496 e. The number of ether oxygens (including phenoxy) is 2. The van der Waals surface area contributed by atoms with Crippen molar-refractivity contribution in [3.63, 3.8) is 0 Å². The summed E-state index contributed by atoms with van der Waals surface area (Å²) in [4.78, 5) is 25.1. The molecule has 0 heterocycles. The Bertz CT molecular complexity index is 770. The lowest BCUT2D eigenvalue weighted by atomic mass is 10.1.